The van der Waals surface area contributed by atoms with E-state index in [0.717, 1.165) is 25.9 Å². The molecule has 2 amide bonds. The number of likely N-dealkylation sites (tertiary alicyclic amines) is 1. The number of carbonyl (C=O) groups excluding carboxylic acids is 2. The number of imide groups is 1. The van der Waals surface area contributed by atoms with Crippen molar-refractivity contribution in [2.75, 3.05) is 19.8 Å². The van der Waals surface area contributed by atoms with Crippen molar-refractivity contribution >= 4 is 17.4 Å². The van der Waals surface area contributed by atoms with Gasteiger partial charge in [-0.3, -0.25) is 9.59 Å². The first-order chi connectivity index (χ1) is 11.5. The minimum absolute atomic E-state index is 0.000867. The van der Waals surface area contributed by atoms with Crippen molar-refractivity contribution in [3.8, 4) is 0 Å². The van der Waals surface area contributed by atoms with Gasteiger partial charge in [0, 0.05) is 19.3 Å². The standard InChI is InChI=1S/C20H26N2O2/c1-3-20(2)13-18(23)22(19(24)14-20)15-21-11-9-17(10-12-21)16-7-5-4-6-8-16/h4-9H,3,10-15H2,1-2H3/p+1. The molecular weight excluding hydrogens is 300 g/mol. The Balaban J connectivity index is 1.61. The predicted octanol–water partition coefficient (Wildman–Crippen LogP) is 1.88. The van der Waals surface area contributed by atoms with Crippen LogP contribution in [0.25, 0.3) is 5.57 Å². The highest BCUT2D eigenvalue weighted by Crippen LogP contribution is 2.35. The van der Waals surface area contributed by atoms with Gasteiger partial charge in [-0.2, -0.15) is 0 Å². The van der Waals surface area contributed by atoms with Crippen LogP contribution in [0.5, 0.6) is 0 Å². The first-order valence-corrected chi connectivity index (χ1v) is 8.92. The lowest BCUT2D eigenvalue weighted by Gasteiger charge is -2.38. The van der Waals surface area contributed by atoms with Crippen molar-refractivity contribution in [3.63, 3.8) is 0 Å². The molecule has 1 aromatic rings. The minimum atomic E-state index is -0.151. The average Bonchev–Trinajstić information content (AvgIpc) is 2.59. The lowest BCUT2D eigenvalue weighted by atomic mass is 9.77. The Morgan fingerprint density at radius 2 is 1.79 bits per heavy atom. The van der Waals surface area contributed by atoms with E-state index in [0.29, 0.717) is 19.5 Å². The van der Waals surface area contributed by atoms with Crippen LogP contribution >= 0.6 is 0 Å². The van der Waals surface area contributed by atoms with Crippen LogP contribution in [0.2, 0.25) is 0 Å². The SMILES string of the molecule is CCC1(C)CC(=O)N(C[NH+]2CC=C(c3ccccc3)CC2)C(=O)C1. The monoisotopic (exact) mass is 327 g/mol. The number of nitrogens with one attached hydrogen (secondary N) is 1. The van der Waals surface area contributed by atoms with E-state index >= 15 is 0 Å². The molecule has 2 aliphatic rings. The number of nitrogens with zero attached hydrogens (tertiary/aromatic N) is 1. The number of quaternary nitrogens is 1. The van der Waals surface area contributed by atoms with Crippen molar-refractivity contribution in [1.29, 1.82) is 0 Å². The topological polar surface area (TPSA) is 41.8 Å². The molecule has 1 unspecified atom stereocenters. The van der Waals surface area contributed by atoms with Crippen molar-refractivity contribution in [2.24, 2.45) is 5.41 Å². The number of amides is 2. The van der Waals surface area contributed by atoms with Gasteiger partial charge in [-0.15, -0.1) is 0 Å². The van der Waals surface area contributed by atoms with Gasteiger partial charge in [0.25, 0.3) is 0 Å². The predicted molar refractivity (Wildman–Crippen MR) is 94.1 cm³/mol. The summed E-state index contributed by atoms with van der Waals surface area (Å²) in [6, 6.07) is 10.4. The maximum absolute atomic E-state index is 12.4. The van der Waals surface area contributed by atoms with Gasteiger partial charge in [-0.25, -0.2) is 4.90 Å². The second-order valence-electron chi connectivity index (χ2n) is 7.44. The van der Waals surface area contributed by atoms with Crippen molar-refractivity contribution < 1.29 is 14.5 Å². The highest BCUT2D eigenvalue weighted by Gasteiger charge is 2.40. The molecule has 1 aromatic carbocycles. The summed E-state index contributed by atoms with van der Waals surface area (Å²) in [7, 11) is 0. The fourth-order valence-electron chi connectivity index (χ4n) is 3.61. The van der Waals surface area contributed by atoms with Gasteiger partial charge in [0.15, 0.2) is 6.67 Å². The number of benzene rings is 1. The highest BCUT2D eigenvalue weighted by atomic mass is 16.2. The maximum atomic E-state index is 12.4. The van der Waals surface area contributed by atoms with Crippen LogP contribution in [0.4, 0.5) is 0 Å². The van der Waals surface area contributed by atoms with Crippen LogP contribution in [0, 0.1) is 5.41 Å². The van der Waals surface area contributed by atoms with E-state index < -0.39 is 0 Å². The first-order valence-electron chi connectivity index (χ1n) is 8.92. The number of carbonyl (C=O) groups is 2. The minimum Gasteiger partial charge on any atom is -0.314 e. The molecule has 0 bridgehead atoms. The van der Waals surface area contributed by atoms with Gasteiger partial charge in [0.05, 0.1) is 13.1 Å². The third kappa shape index (κ3) is 3.59. The van der Waals surface area contributed by atoms with Gasteiger partial charge in [0.1, 0.15) is 0 Å². The van der Waals surface area contributed by atoms with E-state index in [1.165, 1.54) is 20.9 Å². The second kappa shape index (κ2) is 6.89. The molecule has 0 aromatic heterocycles. The molecule has 4 nitrogen and oxygen atoms in total. The molecule has 0 saturated carbocycles. The highest BCUT2D eigenvalue weighted by molar-refractivity contribution is 5.98. The van der Waals surface area contributed by atoms with Crippen LogP contribution < -0.4 is 4.90 Å². The second-order valence-corrected chi connectivity index (χ2v) is 7.44. The van der Waals surface area contributed by atoms with Crippen LogP contribution in [0.15, 0.2) is 36.4 Å². The maximum Gasteiger partial charge on any atom is 0.234 e. The van der Waals surface area contributed by atoms with E-state index in [4.69, 9.17) is 0 Å². The molecule has 3 rings (SSSR count). The molecule has 1 fully saturated rings. The number of hydrogen-bond acceptors (Lipinski definition) is 2. The summed E-state index contributed by atoms with van der Waals surface area (Å²) in [4.78, 5) is 27.6. The molecule has 0 spiro atoms. The summed E-state index contributed by atoms with van der Waals surface area (Å²) in [5.41, 5.74) is 2.50. The Hall–Kier alpha value is -1.94. The Labute approximate surface area is 144 Å². The zero-order valence-electron chi connectivity index (χ0n) is 14.7. The van der Waals surface area contributed by atoms with Crippen LogP contribution in [-0.4, -0.2) is 36.5 Å². The molecule has 4 heteroatoms. The van der Waals surface area contributed by atoms with Crippen molar-refractivity contribution in [3.05, 3.63) is 42.0 Å². The smallest absolute Gasteiger partial charge is 0.234 e. The van der Waals surface area contributed by atoms with Crippen molar-refractivity contribution in [2.45, 2.75) is 39.5 Å². The molecule has 24 heavy (non-hydrogen) atoms. The molecule has 2 heterocycles. The Bertz CT molecular complexity index is 633. The molecule has 0 radical (unpaired) electrons. The van der Waals surface area contributed by atoms with E-state index in [2.05, 4.69) is 37.3 Å². The quantitative estimate of drug-likeness (QED) is 0.858. The third-order valence-electron chi connectivity index (χ3n) is 5.52. The Morgan fingerprint density at radius 1 is 1.12 bits per heavy atom. The molecule has 0 aliphatic carbocycles. The van der Waals surface area contributed by atoms with Crippen LogP contribution in [0.1, 0.15) is 45.1 Å². The zero-order chi connectivity index (χ0) is 17.2. The van der Waals surface area contributed by atoms with Gasteiger partial charge < -0.3 is 4.90 Å². The molecule has 128 valence electrons. The largest absolute Gasteiger partial charge is 0.314 e. The van der Waals surface area contributed by atoms with Gasteiger partial charge in [0.2, 0.25) is 11.8 Å². The fraction of sp³-hybridized carbons (Fsp3) is 0.500. The van der Waals surface area contributed by atoms with Crippen molar-refractivity contribution in [1.82, 2.24) is 4.90 Å². The molecule has 1 N–H and O–H groups in total. The Morgan fingerprint density at radius 3 is 2.33 bits per heavy atom. The third-order valence-corrected chi connectivity index (χ3v) is 5.52. The lowest BCUT2D eigenvalue weighted by molar-refractivity contribution is -0.902. The molecule has 2 aliphatic heterocycles. The summed E-state index contributed by atoms with van der Waals surface area (Å²) < 4.78 is 0. The molecule has 1 saturated heterocycles. The van der Waals surface area contributed by atoms with Crippen LogP contribution in [-0.2, 0) is 9.59 Å². The summed E-state index contributed by atoms with van der Waals surface area (Å²) in [6.45, 7) is 6.44. The summed E-state index contributed by atoms with van der Waals surface area (Å²) in [6.07, 6.45) is 5.10. The van der Waals surface area contributed by atoms with E-state index in [-0.39, 0.29) is 17.2 Å². The zero-order valence-corrected chi connectivity index (χ0v) is 14.7. The van der Waals surface area contributed by atoms with E-state index in [1.807, 2.05) is 13.0 Å². The van der Waals surface area contributed by atoms with Gasteiger partial charge in [-0.05, 0) is 29.0 Å². The summed E-state index contributed by atoms with van der Waals surface area (Å²) in [5.74, 6) is 0.00173. The first kappa shape index (κ1) is 16.9. The number of hydrogen-bond donors (Lipinski definition) is 1. The lowest BCUT2D eigenvalue weighted by Crippen LogP contribution is -3.14. The van der Waals surface area contributed by atoms with Crippen LogP contribution in [0.3, 0.4) is 0 Å². The fourth-order valence-corrected chi connectivity index (χ4v) is 3.61. The van der Waals surface area contributed by atoms with E-state index in [1.54, 1.807) is 0 Å². The van der Waals surface area contributed by atoms with E-state index in [9.17, 15) is 9.59 Å². The summed E-state index contributed by atoms with van der Waals surface area (Å²) in [5, 5.41) is 0. The van der Waals surface area contributed by atoms with Gasteiger partial charge in [-0.1, -0.05) is 44.2 Å². The summed E-state index contributed by atoms with van der Waals surface area (Å²) >= 11 is 0. The van der Waals surface area contributed by atoms with Gasteiger partial charge >= 0.3 is 0 Å². The Kier molecular flexibility index (Phi) is 4.86. The number of piperidine rings is 1. The molecule has 1 atom stereocenters. The normalized spacial score (nSPS) is 24.0. The number of rotatable bonds is 4. The average molecular weight is 327 g/mol. The molecular formula is C20H27N2O2+.